The summed E-state index contributed by atoms with van der Waals surface area (Å²) in [6, 6.07) is 0. The Morgan fingerprint density at radius 3 is 0.867 bits per heavy atom. The molecule has 1 N–H and O–H groups in total. The number of carbonyl (C=O) groups excluding carboxylic acids is 2. The minimum absolute atomic E-state index is 0.0223. The summed E-state index contributed by atoms with van der Waals surface area (Å²) in [4.78, 5) is 36.0. The van der Waals surface area contributed by atoms with Crippen molar-refractivity contribution < 1.29 is 42.1 Å². The Bertz CT molecular complexity index is 2270. The lowest BCUT2D eigenvalue weighted by Gasteiger charge is -2.24. The molecule has 9 nitrogen and oxygen atoms in total. The van der Waals surface area contributed by atoms with E-state index in [1.165, 1.54) is 161 Å². The first-order chi connectivity index (χ1) is 48.0. The van der Waals surface area contributed by atoms with Crippen molar-refractivity contribution in [2.45, 2.75) is 328 Å². The van der Waals surface area contributed by atoms with E-state index in [1.807, 2.05) is 21.1 Å². The molecule has 0 aliphatic carbocycles. The van der Waals surface area contributed by atoms with Crippen LogP contribution in [0.2, 0.25) is 0 Å². The second-order valence-electron chi connectivity index (χ2n) is 27.4. The molecule has 0 aliphatic rings. The summed E-state index contributed by atoms with van der Waals surface area (Å²) in [6.45, 7) is 4.31. The van der Waals surface area contributed by atoms with Gasteiger partial charge in [-0.1, -0.05) is 344 Å². The smallest absolute Gasteiger partial charge is 0.462 e. The molecule has 10 heteroatoms. The molecule has 0 rings (SSSR count). The van der Waals surface area contributed by atoms with Gasteiger partial charge in [-0.15, -0.1) is 0 Å². The Morgan fingerprint density at radius 1 is 0.327 bits per heavy atom. The molecule has 0 amide bonds. The van der Waals surface area contributed by atoms with E-state index in [-0.39, 0.29) is 32.0 Å². The fraction of sp³-hybridized carbons (Fsp3) is 0.659. The standard InChI is InChI=1S/C88H148NO8P/c1-6-8-10-12-14-16-18-20-22-24-26-28-30-32-34-36-38-40-41-42-43-44-45-46-47-49-51-53-55-57-59-61-63-65-67-69-71-73-75-77-79-81-88(91)97-86(85-96-98(92,93)95-83-82-89(3,4)5)84-94-87(90)80-78-76-74-72-70-68-66-64-62-60-58-56-54-52-50-48-39-37-35-33-31-29-27-25-23-21-19-17-15-13-11-9-7-2/h8,10,14,16,19-22,25-28,31-34,38,40,42-43,45-46,49,51,55,57,61,63,86H,6-7,9,11-13,15,17-18,23-24,29-30,35-37,39,41,44,47-48,50,52-54,56,58-60,62,64-85H2,1-5H3/p+1/b10-8-,16-14-,21-19-,22-20-,27-25-,28-26-,33-31-,34-32-,40-38-,43-42-,46-45-,51-49-,57-55-,63-61-. The quantitative estimate of drug-likeness (QED) is 0.0211. The number of rotatable bonds is 72. The molecule has 0 aliphatic heterocycles. The normalized spacial score (nSPS) is 14.0. The molecule has 0 aromatic rings. The second kappa shape index (κ2) is 76.5. The number of likely N-dealkylation sites (N-methyl/N-ethyl adjacent to an activating group) is 1. The van der Waals surface area contributed by atoms with Crippen LogP contribution in [0.5, 0.6) is 0 Å². The predicted octanol–water partition coefficient (Wildman–Crippen LogP) is 26.8. The van der Waals surface area contributed by atoms with Gasteiger partial charge in [0.1, 0.15) is 19.8 Å². The van der Waals surface area contributed by atoms with Gasteiger partial charge in [-0.2, -0.15) is 0 Å². The number of nitrogens with zero attached hydrogens (tertiary/aromatic N) is 1. The molecule has 0 radical (unpaired) electrons. The van der Waals surface area contributed by atoms with Crippen LogP contribution in [-0.4, -0.2) is 74.9 Å². The monoisotopic (exact) mass is 1380 g/mol. The number of phosphoric acid groups is 1. The molecule has 0 aromatic heterocycles. The average Bonchev–Trinajstić information content (AvgIpc) is 1.08. The third-order valence-electron chi connectivity index (χ3n) is 16.7. The SMILES string of the molecule is CC/C=C\C/C=C\C/C=C\C/C=C\C/C=C\C/C=C\C/C=C\C/C=C\C/C=C\C/C=C\C/C=C\CCCCCCCCCC(=O)OC(COC(=O)CCCCCCCCCCCCCCCCCCCC/C=C\C/C=C\C/C=C\CCCCCCC)COP(=O)(O)OCC[N+](C)(C)C. The summed E-state index contributed by atoms with van der Waals surface area (Å²) in [5.74, 6) is -0.811. The Morgan fingerprint density at radius 2 is 0.582 bits per heavy atom. The Labute approximate surface area is 604 Å². The van der Waals surface area contributed by atoms with Crippen molar-refractivity contribution in [1.82, 2.24) is 0 Å². The molecular formula is C88H149NO8P+. The summed E-state index contributed by atoms with van der Waals surface area (Å²) in [7, 11) is 1.46. The zero-order chi connectivity index (χ0) is 71.1. The predicted molar refractivity (Wildman–Crippen MR) is 426 cm³/mol. The highest BCUT2D eigenvalue weighted by Crippen LogP contribution is 2.43. The molecule has 0 spiro atoms. The van der Waals surface area contributed by atoms with Crippen molar-refractivity contribution in [2.75, 3.05) is 47.5 Å². The number of carbonyl (C=O) groups is 2. The summed E-state index contributed by atoms with van der Waals surface area (Å²) >= 11 is 0. The zero-order valence-corrected chi connectivity index (χ0v) is 64.6. The van der Waals surface area contributed by atoms with E-state index in [4.69, 9.17) is 18.5 Å². The topological polar surface area (TPSA) is 108 Å². The molecule has 0 bridgehead atoms. The maximum absolute atomic E-state index is 12.9. The first-order valence-corrected chi connectivity index (χ1v) is 41.4. The van der Waals surface area contributed by atoms with Crippen molar-refractivity contribution in [1.29, 1.82) is 0 Å². The molecule has 558 valence electrons. The Balaban J connectivity index is 4.07. The van der Waals surface area contributed by atoms with E-state index >= 15 is 0 Å². The highest BCUT2D eigenvalue weighted by molar-refractivity contribution is 7.47. The average molecular weight is 1380 g/mol. The fourth-order valence-electron chi connectivity index (χ4n) is 10.7. The van der Waals surface area contributed by atoms with E-state index in [0.29, 0.717) is 17.4 Å². The molecule has 98 heavy (non-hydrogen) atoms. The number of allylic oxidation sites excluding steroid dienone is 28. The molecule has 2 unspecified atom stereocenters. The molecule has 0 fully saturated rings. The van der Waals surface area contributed by atoms with Gasteiger partial charge in [0.2, 0.25) is 0 Å². The van der Waals surface area contributed by atoms with Gasteiger partial charge >= 0.3 is 19.8 Å². The molecule has 0 heterocycles. The lowest BCUT2D eigenvalue weighted by Crippen LogP contribution is -2.37. The summed E-state index contributed by atoms with van der Waals surface area (Å²) in [5, 5.41) is 0. The second-order valence-corrected chi connectivity index (χ2v) is 28.8. The van der Waals surface area contributed by atoms with Gasteiger partial charge in [0, 0.05) is 12.8 Å². The van der Waals surface area contributed by atoms with Crippen LogP contribution in [-0.2, 0) is 32.7 Å². The van der Waals surface area contributed by atoms with Crippen LogP contribution < -0.4 is 0 Å². The van der Waals surface area contributed by atoms with Crippen LogP contribution in [0.3, 0.4) is 0 Å². The molecule has 0 saturated carbocycles. The van der Waals surface area contributed by atoms with Crippen molar-refractivity contribution in [3.8, 4) is 0 Å². The minimum atomic E-state index is -4.41. The first-order valence-electron chi connectivity index (χ1n) is 39.9. The van der Waals surface area contributed by atoms with Crippen molar-refractivity contribution in [3.05, 3.63) is 170 Å². The van der Waals surface area contributed by atoms with Crippen LogP contribution >= 0.6 is 7.82 Å². The number of quaternary nitrogens is 1. The third kappa shape index (κ3) is 80.3. The van der Waals surface area contributed by atoms with Gasteiger partial charge in [0.25, 0.3) is 0 Å². The van der Waals surface area contributed by atoms with E-state index in [1.54, 1.807) is 0 Å². The number of phosphoric ester groups is 1. The van der Waals surface area contributed by atoms with Crippen LogP contribution in [0, 0.1) is 0 Å². The minimum Gasteiger partial charge on any atom is -0.462 e. The van der Waals surface area contributed by atoms with E-state index in [2.05, 4.69) is 184 Å². The maximum Gasteiger partial charge on any atom is 0.472 e. The molecule has 0 aromatic carbocycles. The van der Waals surface area contributed by atoms with Gasteiger partial charge in [-0.3, -0.25) is 18.6 Å². The van der Waals surface area contributed by atoms with Gasteiger partial charge in [-0.05, 0) is 135 Å². The lowest BCUT2D eigenvalue weighted by atomic mass is 10.0. The number of esters is 2. The summed E-state index contributed by atoms with van der Waals surface area (Å²) in [6.07, 6.45) is 116. The van der Waals surface area contributed by atoms with Gasteiger partial charge < -0.3 is 18.9 Å². The van der Waals surface area contributed by atoms with Crippen LogP contribution in [0.15, 0.2) is 170 Å². The van der Waals surface area contributed by atoms with Crippen molar-refractivity contribution >= 4 is 19.8 Å². The fourth-order valence-corrected chi connectivity index (χ4v) is 11.4. The molecular weight excluding hydrogens is 1230 g/mol. The van der Waals surface area contributed by atoms with E-state index in [9.17, 15) is 19.0 Å². The van der Waals surface area contributed by atoms with Crippen LogP contribution in [0.25, 0.3) is 0 Å². The highest BCUT2D eigenvalue weighted by atomic mass is 31.2. The van der Waals surface area contributed by atoms with Crippen LogP contribution in [0.4, 0.5) is 0 Å². The van der Waals surface area contributed by atoms with Gasteiger partial charge in [-0.25, -0.2) is 4.57 Å². The molecule has 2 atom stereocenters. The maximum atomic E-state index is 12.9. The van der Waals surface area contributed by atoms with Gasteiger partial charge in [0.15, 0.2) is 6.10 Å². The van der Waals surface area contributed by atoms with Gasteiger partial charge in [0.05, 0.1) is 27.7 Å². The molecule has 0 saturated heterocycles. The van der Waals surface area contributed by atoms with E-state index < -0.39 is 26.5 Å². The number of unbranched alkanes of at least 4 members (excludes halogenated alkanes) is 30. The third-order valence-corrected chi connectivity index (χ3v) is 17.7. The van der Waals surface area contributed by atoms with Crippen molar-refractivity contribution in [2.24, 2.45) is 0 Å². The highest BCUT2D eigenvalue weighted by Gasteiger charge is 2.27. The zero-order valence-electron chi connectivity index (χ0n) is 63.7. The van der Waals surface area contributed by atoms with E-state index in [0.717, 1.165) is 128 Å². The Kier molecular flexibility index (Phi) is 72.9. The summed E-state index contributed by atoms with van der Waals surface area (Å²) < 4.78 is 34.8. The number of hydrogen-bond acceptors (Lipinski definition) is 7. The Hall–Kier alpha value is -4.63. The van der Waals surface area contributed by atoms with Crippen LogP contribution in [0.1, 0.15) is 322 Å². The largest absolute Gasteiger partial charge is 0.472 e. The summed E-state index contributed by atoms with van der Waals surface area (Å²) in [5.41, 5.74) is 0. The van der Waals surface area contributed by atoms with Crippen molar-refractivity contribution in [3.63, 3.8) is 0 Å². The number of hydrogen-bond donors (Lipinski definition) is 1. The lowest BCUT2D eigenvalue weighted by molar-refractivity contribution is -0.870. The first kappa shape index (κ1) is 93.4. The number of ether oxygens (including phenoxy) is 2.